The number of hydrogen-bond donors (Lipinski definition) is 1. The first kappa shape index (κ1) is 14.3. The van der Waals surface area contributed by atoms with Crippen molar-refractivity contribution in [2.45, 2.75) is 33.0 Å². The molecule has 0 aliphatic carbocycles. The smallest absolute Gasteiger partial charge is 0.0639 e. The van der Waals surface area contributed by atoms with Gasteiger partial charge in [-0.25, -0.2) is 0 Å². The maximum absolute atomic E-state index is 9.66. The van der Waals surface area contributed by atoms with Crippen molar-refractivity contribution in [3.63, 3.8) is 0 Å². The molecule has 0 fully saturated rings. The van der Waals surface area contributed by atoms with Gasteiger partial charge < -0.3 is 5.11 Å². The number of nitrogens with zero attached hydrogens (tertiary/aromatic N) is 1. The summed E-state index contributed by atoms with van der Waals surface area (Å²) >= 11 is 1.79. The number of hydrogen-bond acceptors (Lipinski definition) is 3. The van der Waals surface area contributed by atoms with E-state index < -0.39 is 0 Å². The number of aliphatic hydroxyl groups is 1. The normalized spacial score (nSPS) is 12.8. The minimum absolute atomic E-state index is 0.302. The molecule has 1 heterocycles. The third-order valence-corrected chi connectivity index (χ3v) is 4.11. The summed E-state index contributed by atoms with van der Waals surface area (Å²) in [6.45, 7) is 6.48. The van der Waals surface area contributed by atoms with Gasteiger partial charge in [-0.15, -0.1) is 11.3 Å². The van der Waals surface area contributed by atoms with Crippen LogP contribution in [0.15, 0.2) is 41.8 Å². The number of thiophene rings is 1. The first-order chi connectivity index (χ1) is 9.15. The van der Waals surface area contributed by atoms with E-state index in [1.54, 1.807) is 11.3 Å². The summed E-state index contributed by atoms with van der Waals surface area (Å²) in [5, 5.41) is 11.8. The van der Waals surface area contributed by atoms with Crippen LogP contribution in [0.2, 0.25) is 0 Å². The molecule has 1 unspecified atom stereocenters. The molecule has 19 heavy (non-hydrogen) atoms. The van der Waals surface area contributed by atoms with Crippen molar-refractivity contribution in [1.82, 2.24) is 4.90 Å². The molecule has 0 aliphatic heterocycles. The van der Waals surface area contributed by atoms with Crippen LogP contribution in [0.1, 0.15) is 22.9 Å². The summed E-state index contributed by atoms with van der Waals surface area (Å²) < 4.78 is 0. The Morgan fingerprint density at radius 3 is 2.47 bits per heavy atom. The third-order valence-electron chi connectivity index (χ3n) is 3.11. The van der Waals surface area contributed by atoms with Crippen molar-refractivity contribution in [1.29, 1.82) is 0 Å². The molecule has 0 bridgehead atoms. The predicted octanol–water partition coefficient (Wildman–Crippen LogP) is 3.44. The highest BCUT2D eigenvalue weighted by molar-refractivity contribution is 7.10. The third kappa shape index (κ3) is 4.46. The zero-order chi connectivity index (χ0) is 13.7. The van der Waals surface area contributed by atoms with E-state index in [0.29, 0.717) is 6.54 Å². The minimum atomic E-state index is -0.302. The van der Waals surface area contributed by atoms with E-state index in [4.69, 9.17) is 0 Å². The predicted molar refractivity (Wildman–Crippen MR) is 81.3 cm³/mol. The highest BCUT2D eigenvalue weighted by Gasteiger charge is 2.11. The monoisotopic (exact) mass is 275 g/mol. The zero-order valence-electron chi connectivity index (χ0n) is 11.5. The molecule has 0 saturated heterocycles. The minimum Gasteiger partial charge on any atom is -0.392 e. The van der Waals surface area contributed by atoms with Gasteiger partial charge in [0.05, 0.1) is 6.10 Å². The first-order valence-corrected chi connectivity index (χ1v) is 7.50. The van der Waals surface area contributed by atoms with Gasteiger partial charge in [0, 0.05) is 24.5 Å². The van der Waals surface area contributed by atoms with E-state index in [-0.39, 0.29) is 6.10 Å². The SMILES string of the molecule is Cc1ccsc1CN(Cc1ccccc1)CC(C)O. The number of aryl methyl sites for hydroxylation is 1. The highest BCUT2D eigenvalue weighted by atomic mass is 32.1. The molecule has 0 radical (unpaired) electrons. The maximum atomic E-state index is 9.66. The molecule has 0 amide bonds. The average molecular weight is 275 g/mol. The van der Waals surface area contributed by atoms with Crippen molar-refractivity contribution in [2.75, 3.05) is 6.54 Å². The second-order valence-electron chi connectivity index (χ2n) is 5.03. The van der Waals surface area contributed by atoms with Crippen molar-refractivity contribution in [2.24, 2.45) is 0 Å². The Morgan fingerprint density at radius 2 is 1.89 bits per heavy atom. The van der Waals surface area contributed by atoms with Crippen molar-refractivity contribution in [3.05, 3.63) is 57.8 Å². The van der Waals surface area contributed by atoms with Gasteiger partial charge in [-0.05, 0) is 36.4 Å². The van der Waals surface area contributed by atoms with Gasteiger partial charge in [0.2, 0.25) is 0 Å². The molecule has 2 rings (SSSR count). The van der Waals surface area contributed by atoms with Crippen molar-refractivity contribution in [3.8, 4) is 0 Å². The Bertz CT molecular complexity index is 492. The van der Waals surface area contributed by atoms with Gasteiger partial charge in [0.15, 0.2) is 0 Å². The molecule has 3 heteroatoms. The molecular formula is C16H21NOS. The Labute approximate surface area is 119 Å². The first-order valence-electron chi connectivity index (χ1n) is 6.62. The maximum Gasteiger partial charge on any atom is 0.0639 e. The van der Waals surface area contributed by atoms with Crippen molar-refractivity contribution < 1.29 is 5.11 Å². The summed E-state index contributed by atoms with van der Waals surface area (Å²) in [7, 11) is 0. The summed E-state index contributed by atoms with van der Waals surface area (Å²) in [5.41, 5.74) is 2.63. The van der Waals surface area contributed by atoms with Crippen LogP contribution in [-0.4, -0.2) is 22.7 Å². The molecule has 102 valence electrons. The van der Waals surface area contributed by atoms with Gasteiger partial charge in [-0.3, -0.25) is 4.90 Å². The molecular weight excluding hydrogens is 254 g/mol. The fourth-order valence-electron chi connectivity index (χ4n) is 2.17. The molecule has 0 saturated carbocycles. The second-order valence-corrected chi connectivity index (χ2v) is 6.03. The molecule has 0 spiro atoms. The van der Waals surface area contributed by atoms with Gasteiger partial charge in [0.25, 0.3) is 0 Å². The molecule has 1 aromatic heterocycles. The molecule has 1 aromatic carbocycles. The molecule has 2 nitrogen and oxygen atoms in total. The van der Waals surface area contributed by atoms with E-state index in [9.17, 15) is 5.11 Å². The lowest BCUT2D eigenvalue weighted by Gasteiger charge is -2.23. The van der Waals surface area contributed by atoms with E-state index in [2.05, 4.69) is 47.5 Å². The van der Waals surface area contributed by atoms with E-state index >= 15 is 0 Å². The quantitative estimate of drug-likeness (QED) is 0.873. The Balaban J connectivity index is 2.06. The lowest BCUT2D eigenvalue weighted by molar-refractivity contribution is 0.118. The van der Waals surface area contributed by atoms with E-state index in [1.807, 2.05) is 13.0 Å². The second kappa shape index (κ2) is 6.85. The standard InChI is InChI=1S/C16H21NOS/c1-13-8-9-19-16(13)12-17(10-14(2)18)11-15-6-4-3-5-7-15/h3-9,14,18H,10-12H2,1-2H3. The molecule has 1 N–H and O–H groups in total. The van der Waals surface area contributed by atoms with E-state index in [1.165, 1.54) is 16.0 Å². The summed E-state index contributed by atoms with van der Waals surface area (Å²) in [6, 6.07) is 12.6. The fourth-order valence-corrected chi connectivity index (χ4v) is 3.12. The van der Waals surface area contributed by atoms with Crippen LogP contribution >= 0.6 is 11.3 Å². The van der Waals surface area contributed by atoms with Crippen LogP contribution in [0.25, 0.3) is 0 Å². The Kier molecular flexibility index (Phi) is 5.14. The molecule has 1 atom stereocenters. The van der Waals surface area contributed by atoms with E-state index in [0.717, 1.165) is 13.1 Å². The van der Waals surface area contributed by atoms with Crippen LogP contribution < -0.4 is 0 Å². The highest BCUT2D eigenvalue weighted by Crippen LogP contribution is 2.19. The molecule has 0 aliphatic rings. The zero-order valence-corrected chi connectivity index (χ0v) is 12.4. The largest absolute Gasteiger partial charge is 0.392 e. The lowest BCUT2D eigenvalue weighted by Crippen LogP contribution is -2.30. The fraction of sp³-hybridized carbons (Fsp3) is 0.375. The molecule has 2 aromatic rings. The van der Waals surface area contributed by atoms with Gasteiger partial charge in [-0.2, -0.15) is 0 Å². The van der Waals surface area contributed by atoms with Crippen LogP contribution in [0, 0.1) is 6.92 Å². The van der Waals surface area contributed by atoms with Crippen molar-refractivity contribution >= 4 is 11.3 Å². The summed E-state index contributed by atoms with van der Waals surface area (Å²) in [6.07, 6.45) is -0.302. The summed E-state index contributed by atoms with van der Waals surface area (Å²) in [4.78, 5) is 3.69. The Morgan fingerprint density at radius 1 is 1.16 bits per heavy atom. The number of rotatable bonds is 6. The summed E-state index contributed by atoms with van der Waals surface area (Å²) in [5.74, 6) is 0. The number of aliphatic hydroxyl groups excluding tert-OH is 1. The van der Waals surface area contributed by atoms with Crippen LogP contribution in [0.5, 0.6) is 0 Å². The van der Waals surface area contributed by atoms with Gasteiger partial charge >= 0.3 is 0 Å². The van der Waals surface area contributed by atoms with Crippen LogP contribution in [0.4, 0.5) is 0 Å². The van der Waals surface area contributed by atoms with Gasteiger partial charge in [-0.1, -0.05) is 30.3 Å². The topological polar surface area (TPSA) is 23.5 Å². The van der Waals surface area contributed by atoms with Gasteiger partial charge in [0.1, 0.15) is 0 Å². The number of benzene rings is 1. The average Bonchev–Trinajstić information content (AvgIpc) is 2.75. The van der Waals surface area contributed by atoms with Crippen LogP contribution in [0.3, 0.4) is 0 Å². The lowest BCUT2D eigenvalue weighted by atomic mass is 10.2. The Hall–Kier alpha value is -1.16. The van der Waals surface area contributed by atoms with Crippen LogP contribution in [-0.2, 0) is 13.1 Å².